The molecule has 1 aromatic heterocycles. The van der Waals surface area contributed by atoms with Gasteiger partial charge in [-0.3, -0.25) is 4.79 Å². The minimum atomic E-state index is -0.398. The van der Waals surface area contributed by atoms with Crippen LogP contribution in [0, 0.1) is 0 Å². The van der Waals surface area contributed by atoms with Gasteiger partial charge in [0.2, 0.25) is 0 Å². The van der Waals surface area contributed by atoms with Gasteiger partial charge in [-0.1, -0.05) is 37.6 Å². The highest BCUT2D eigenvalue weighted by Crippen LogP contribution is 2.33. The molecule has 236 valence electrons. The van der Waals surface area contributed by atoms with Gasteiger partial charge in [-0.2, -0.15) is 0 Å². The van der Waals surface area contributed by atoms with E-state index in [-0.39, 0.29) is 11.9 Å². The molecule has 0 radical (unpaired) electrons. The lowest BCUT2D eigenvalue weighted by molar-refractivity contribution is 0.0477. The van der Waals surface area contributed by atoms with Crippen LogP contribution in [0.5, 0.6) is 0 Å². The summed E-state index contributed by atoms with van der Waals surface area (Å²) in [5.74, 6) is -0.525. The molecule has 0 aliphatic carbocycles. The predicted molar refractivity (Wildman–Crippen MR) is 182 cm³/mol. The fraction of sp³-hybridized carbons (Fsp3) is 0.405. The van der Waals surface area contributed by atoms with E-state index in [1.54, 1.807) is 6.07 Å². The summed E-state index contributed by atoms with van der Waals surface area (Å²) in [5, 5.41) is 4.58. The normalized spacial score (nSPS) is 17.5. The Kier molecular flexibility index (Phi) is 9.81. The fourth-order valence-corrected chi connectivity index (χ4v) is 6.45. The number of H-pyrrole nitrogens is 1. The van der Waals surface area contributed by atoms with E-state index in [0.29, 0.717) is 24.3 Å². The van der Waals surface area contributed by atoms with Gasteiger partial charge in [0, 0.05) is 62.6 Å². The molecule has 1 amide bonds. The Labute approximate surface area is 266 Å². The number of hydrogen-bond donors (Lipinski definition) is 2. The molecule has 3 heterocycles. The number of anilines is 2. The molecular formula is C37H45N5O3. The third-order valence-electron chi connectivity index (χ3n) is 9.12. The van der Waals surface area contributed by atoms with Gasteiger partial charge >= 0.3 is 5.97 Å². The smallest absolute Gasteiger partial charge is 0.338 e. The second-order valence-electron chi connectivity index (χ2n) is 12.4. The standard InChI is InChI=1S/C37H45N5O3/c1-3-4-17-40-20-22-41(23-21-40)18-7-24-45-37(44)32-26-30(10-12-31(32)28-11-13-33-29(25-28)14-16-38-33)36(43)42-19-15-27(2)39-34-8-5-6-9-35(34)42/h5-6,8-14,16,25-27,38-39H,3-4,7,15,17-24H2,1-2H3/t27-/m0/s1. The van der Waals surface area contributed by atoms with E-state index in [1.165, 1.54) is 19.4 Å². The number of fused-ring (bicyclic) bond motifs is 2. The number of nitrogens with one attached hydrogen (secondary N) is 2. The third-order valence-corrected chi connectivity index (χ3v) is 9.12. The van der Waals surface area contributed by atoms with E-state index in [2.05, 4.69) is 40.0 Å². The van der Waals surface area contributed by atoms with Gasteiger partial charge in [0.15, 0.2) is 0 Å². The maximum Gasteiger partial charge on any atom is 0.338 e. The number of carbonyl (C=O) groups is 2. The number of esters is 1. The van der Waals surface area contributed by atoms with Crippen LogP contribution in [0.25, 0.3) is 22.0 Å². The molecule has 0 bridgehead atoms. The molecule has 0 unspecified atom stereocenters. The maximum absolute atomic E-state index is 14.0. The second-order valence-corrected chi connectivity index (χ2v) is 12.4. The molecule has 2 aliphatic heterocycles. The lowest BCUT2D eigenvalue weighted by Crippen LogP contribution is -2.46. The molecule has 0 spiro atoms. The summed E-state index contributed by atoms with van der Waals surface area (Å²) in [6, 6.07) is 21.7. The first-order chi connectivity index (χ1) is 22.0. The van der Waals surface area contributed by atoms with Crippen LogP contribution < -0.4 is 10.2 Å². The summed E-state index contributed by atoms with van der Waals surface area (Å²) in [7, 11) is 0. The summed E-state index contributed by atoms with van der Waals surface area (Å²) < 4.78 is 5.88. The molecule has 1 fully saturated rings. The lowest BCUT2D eigenvalue weighted by Gasteiger charge is -2.34. The molecule has 1 atom stereocenters. The highest BCUT2D eigenvalue weighted by molar-refractivity contribution is 6.10. The van der Waals surface area contributed by atoms with E-state index in [4.69, 9.17) is 4.74 Å². The Morgan fingerprint density at radius 1 is 0.889 bits per heavy atom. The Morgan fingerprint density at radius 3 is 2.47 bits per heavy atom. The zero-order valence-electron chi connectivity index (χ0n) is 26.6. The number of ether oxygens (including phenoxy) is 1. The Balaban J connectivity index is 1.20. The number of unbranched alkanes of at least 4 members (excludes halogenated alkanes) is 1. The van der Waals surface area contributed by atoms with E-state index in [9.17, 15) is 9.59 Å². The quantitative estimate of drug-likeness (QED) is 0.155. The second kappa shape index (κ2) is 14.3. The van der Waals surface area contributed by atoms with Crippen molar-refractivity contribution in [1.82, 2.24) is 14.8 Å². The van der Waals surface area contributed by atoms with Crippen LogP contribution in [0.15, 0.2) is 72.9 Å². The topological polar surface area (TPSA) is 80.9 Å². The summed E-state index contributed by atoms with van der Waals surface area (Å²) in [6.07, 6.45) is 5.99. The number of carbonyl (C=O) groups excluding carboxylic acids is 2. The monoisotopic (exact) mass is 607 g/mol. The van der Waals surface area contributed by atoms with Crippen molar-refractivity contribution in [1.29, 1.82) is 0 Å². The minimum absolute atomic E-state index is 0.127. The number of piperazine rings is 1. The number of amides is 1. The Bertz CT molecular complexity index is 1620. The van der Waals surface area contributed by atoms with Crippen molar-refractivity contribution in [3.05, 3.63) is 84.1 Å². The van der Waals surface area contributed by atoms with E-state index < -0.39 is 5.97 Å². The van der Waals surface area contributed by atoms with Crippen LogP contribution in [0.3, 0.4) is 0 Å². The molecule has 6 rings (SSSR count). The largest absolute Gasteiger partial charge is 0.462 e. The first-order valence-corrected chi connectivity index (χ1v) is 16.5. The van der Waals surface area contributed by atoms with Crippen molar-refractivity contribution in [2.24, 2.45) is 0 Å². The molecule has 8 heteroatoms. The lowest BCUT2D eigenvalue weighted by atomic mass is 9.96. The number of aromatic nitrogens is 1. The number of hydrogen-bond acceptors (Lipinski definition) is 6. The van der Waals surface area contributed by atoms with E-state index >= 15 is 0 Å². The van der Waals surface area contributed by atoms with Gasteiger partial charge in [0.1, 0.15) is 0 Å². The van der Waals surface area contributed by atoms with Crippen LogP contribution in [-0.2, 0) is 4.74 Å². The Hall–Kier alpha value is -4.14. The molecule has 3 aromatic carbocycles. The minimum Gasteiger partial charge on any atom is -0.462 e. The van der Waals surface area contributed by atoms with Crippen LogP contribution in [0.2, 0.25) is 0 Å². The predicted octanol–water partition coefficient (Wildman–Crippen LogP) is 6.65. The Morgan fingerprint density at radius 2 is 1.67 bits per heavy atom. The van der Waals surface area contributed by atoms with Gasteiger partial charge in [0.05, 0.1) is 23.5 Å². The fourth-order valence-electron chi connectivity index (χ4n) is 6.45. The summed E-state index contributed by atoms with van der Waals surface area (Å²) in [4.78, 5) is 37.8. The van der Waals surface area contributed by atoms with Crippen molar-refractivity contribution in [2.45, 2.75) is 45.6 Å². The number of rotatable bonds is 10. The highest BCUT2D eigenvalue weighted by Gasteiger charge is 2.26. The zero-order chi connectivity index (χ0) is 31.2. The van der Waals surface area contributed by atoms with Gasteiger partial charge in [0.25, 0.3) is 5.91 Å². The highest BCUT2D eigenvalue weighted by atomic mass is 16.5. The SMILES string of the molecule is CCCCN1CCN(CCCOC(=O)c2cc(C(=O)N3CC[C@H](C)Nc4ccccc43)ccc2-c2ccc3[nH]ccc3c2)CC1. The van der Waals surface area contributed by atoms with Crippen LogP contribution in [0.1, 0.15) is 60.2 Å². The molecular weight excluding hydrogens is 562 g/mol. The third kappa shape index (κ3) is 7.24. The van der Waals surface area contributed by atoms with Gasteiger partial charge in [-0.25, -0.2) is 4.79 Å². The number of benzene rings is 3. The molecule has 1 saturated heterocycles. The number of para-hydroxylation sites is 2. The van der Waals surface area contributed by atoms with Gasteiger partial charge in [-0.15, -0.1) is 0 Å². The first kappa shape index (κ1) is 30.9. The molecule has 4 aromatic rings. The van der Waals surface area contributed by atoms with Gasteiger partial charge < -0.3 is 29.7 Å². The van der Waals surface area contributed by atoms with Crippen LogP contribution in [-0.4, -0.2) is 85.1 Å². The average molecular weight is 608 g/mol. The number of aromatic amines is 1. The maximum atomic E-state index is 14.0. The summed E-state index contributed by atoms with van der Waals surface area (Å²) in [6.45, 7) is 11.7. The molecule has 0 saturated carbocycles. The average Bonchev–Trinajstić information content (AvgIpc) is 3.47. The van der Waals surface area contributed by atoms with Crippen molar-refractivity contribution < 1.29 is 14.3 Å². The zero-order valence-corrected chi connectivity index (χ0v) is 26.6. The van der Waals surface area contributed by atoms with Crippen molar-refractivity contribution in [3.8, 4) is 11.1 Å². The summed E-state index contributed by atoms with van der Waals surface area (Å²) >= 11 is 0. The molecule has 2 N–H and O–H groups in total. The molecule has 2 aliphatic rings. The van der Waals surface area contributed by atoms with Crippen LogP contribution >= 0.6 is 0 Å². The van der Waals surface area contributed by atoms with E-state index in [0.717, 1.165) is 79.0 Å². The van der Waals surface area contributed by atoms with Crippen molar-refractivity contribution >= 4 is 34.2 Å². The van der Waals surface area contributed by atoms with Crippen molar-refractivity contribution in [3.63, 3.8) is 0 Å². The van der Waals surface area contributed by atoms with Crippen molar-refractivity contribution in [2.75, 3.05) is 62.6 Å². The molecule has 8 nitrogen and oxygen atoms in total. The number of nitrogens with zero attached hydrogens (tertiary/aromatic N) is 3. The van der Waals surface area contributed by atoms with Gasteiger partial charge in [-0.05, 0) is 91.7 Å². The van der Waals surface area contributed by atoms with Crippen LogP contribution in [0.4, 0.5) is 11.4 Å². The summed E-state index contributed by atoms with van der Waals surface area (Å²) in [5.41, 5.74) is 5.37. The molecule has 45 heavy (non-hydrogen) atoms. The van der Waals surface area contributed by atoms with E-state index in [1.807, 2.05) is 65.7 Å². The first-order valence-electron chi connectivity index (χ1n) is 16.5.